The first-order valence-corrected chi connectivity index (χ1v) is 8.87. The number of nitrogens with one attached hydrogen (secondary N) is 1. The number of piperidine rings is 1. The maximum atomic E-state index is 12.3. The van der Waals surface area contributed by atoms with Crippen molar-refractivity contribution in [3.8, 4) is 0 Å². The third-order valence-corrected chi connectivity index (χ3v) is 4.84. The van der Waals surface area contributed by atoms with Crippen LogP contribution in [-0.4, -0.2) is 49.9 Å². The Bertz CT molecular complexity index is 593. The van der Waals surface area contributed by atoms with Gasteiger partial charge in [0.15, 0.2) is 0 Å². The molecule has 1 saturated carbocycles. The Labute approximate surface area is 144 Å². The zero-order valence-corrected chi connectivity index (χ0v) is 14.6. The van der Waals surface area contributed by atoms with E-state index in [0.717, 1.165) is 43.5 Å². The molecule has 1 heterocycles. The van der Waals surface area contributed by atoms with Crippen LogP contribution in [-0.2, 0) is 16.0 Å². The summed E-state index contributed by atoms with van der Waals surface area (Å²) in [6, 6.07) is 8.14. The topological polar surface area (TPSA) is 52.7 Å². The van der Waals surface area contributed by atoms with Gasteiger partial charge in [0.1, 0.15) is 0 Å². The molecule has 1 atom stereocenters. The van der Waals surface area contributed by atoms with Gasteiger partial charge in [0.2, 0.25) is 11.8 Å². The van der Waals surface area contributed by atoms with Gasteiger partial charge in [0.25, 0.3) is 0 Å². The Morgan fingerprint density at radius 3 is 2.50 bits per heavy atom. The van der Waals surface area contributed by atoms with Crippen molar-refractivity contribution in [3.63, 3.8) is 0 Å². The SMILES string of the molecule is CN(C)c1ccc(CC(=O)N[C@H]2CCCN(C(=O)C3CC3)C2)cc1. The minimum Gasteiger partial charge on any atom is -0.378 e. The van der Waals surface area contributed by atoms with Crippen LogP contribution in [0, 0.1) is 5.92 Å². The minimum atomic E-state index is 0.0401. The van der Waals surface area contributed by atoms with Gasteiger partial charge in [-0.1, -0.05) is 12.1 Å². The summed E-state index contributed by atoms with van der Waals surface area (Å²) in [7, 11) is 4.00. The zero-order chi connectivity index (χ0) is 17.1. The number of carbonyl (C=O) groups is 2. The van der Waals surface area contributed by atoms with Gasteiger partial charge in [-0.3, -0.25) is 9.59 Å². The maximum absolute atomic E-state index is 12.3. The summed E-state index contributed by atoms with van der Waals surface area (Å²) in [6.45, 7) is 1.51. The molecule has 24 heavy (non-hydrogen) atoms. The lowest BCUT2D eigenvalue weighted by molar-refractivity contribution is -0.134. The Hall–Kier alpha value is -2.04. The predicted molar refractivity (Wildman–Crippen MR) is 94.9 cm³/mol. The molecule has 1 aliphatic heterocycles. The molecule has 1 aromatic carbocycles. The highest BCUT2D eigenvalue weighted by Crippen LogP contribution is 2.31. The normalized spacial score (nSPS) is 20.6. The number of hydrogen-bond donors (Lipinski definition) is 1. The molecule has 1 aliphatic carbocycles. The Kier molecular flexibility index (Phi) is 5.07. The Morgan fingerprint density at radius 1 is 1.17 bits per heavy atom. The first kappa shape index (κ1) is 16.8. The molecule has 0 aromatic heterocycles. The largest absolute Gasteiger partial charge is 0.378 e. The lowest BCUT2D eigenvalue weighted by Gasteiger charge is -2.33. The molecule has 130 valence electrons. The molecule has 5 nitrogen and oxygen atoms in total. The summed E-state index contributed by atoms with van der Waals surface area (Å²) in [5.41, 5.74) is 2.14. The van der Waals surface area contributed by atoms with Crippen molar-refractivity contribution in [3.05, 3.63) is 29.8 Å². The van der Waals surface area contributed by atoms with Crippen molar-refractivity contribution < 1.29 is 9.59 Å². The molecule has 1 saturated heterocycles. The molecule has 0 spiro atoms. The van der Waals surface area contributed by atoms with Gasteiger partial charge in [-0.25, -0.2) is 0 Å². The van der Waals surface area contributed by atoms with Crippen molar-refractivity contribution in [2.24, 2.45) is 5.92 Å². The summed E-state index contributed by atoms with van der Waals surface area (Å²) < 4.78 is 0. The second-order valence-electron chi connectivity index (χ2n) is 7.20. The molecular formula is C19H27N3O2. The van der Waals surface area contributed by atoms with Gasteiger partial charge in [-0.05, 0) is 43.4 Å². The first-order chi connectivity index (χ1) is 11.5. The molecule has 3 rings (SSSR count). The average Bonchev–Trinajstić information content (AvgIpc) is 3.39. The van der Waals surface area contributed by atoms with Crippen LogP contribution in [0.25, 0.3) is 0 Å². The van der Waals surface area contributed by atoms with Gasteiger partial charge in [-0.2, -0.15) is 0 Å². The van der Waals surface area contributed by atoms with Crippen LogP contribution < -0.4 is 10.2 Å². The average molecular weight is 329 g/mol. The number of rotatable bonds is 5. The van der Waals surface area contributed by atoms with E-state index in [0.29, 0.717) is 13.0 Å². The summed E-state index contributed by atoms with van der Waals surface area (Å²) in [5, 5.41) is 3.11. The third-order valence-electron chi connectivity index (χ3n) is 4.84. The van der Waals surface area contributed by atoms with E-state index in [1.54, 1.807) is 0 Å². The van der Waals surface area contributed by atoms with E-state index in [1.807, 2.05) is 48.2 Å². The molecule has 0 radical (unpaired) electrons. The lowest BCUT2D eigenvalue weighted by Crippen LogP contribution is -2.50. The lowest BCUT2D eigenvalue weighted by atomic mass is 10.0. The number of hydrogen-bond acceptors (Lipinski definition) is 3. The molecule has 1 N–H and O–H groups in total. The van der Waals surface area contributed by atoms with Crippen molar-refractivity contribution in [2.75, 3.05) is 32.1 Å². The van der Waals surface area contributed by atoms with Crippen LogP contribution in [0.4, 0.5) is 5.69 Å². The van der Waals surface area contributed by atoms with Gasteiger partial charge < -0.3 is 15.1 Å². The highest BCUT2D eigenvalue weighted by Gasteiger charge is 2.35. The number of nitrogens with zero attached hydrogens (tertiary/aromatic N) is 2. The van der Waals surface area contributed by atoms with Crippen LogP contribution in [0.2, 0.25) is 0 Å². The molecule has 0 bridgehead atoms. The summed E-state index contributed by atoms with van der Waals surface area (Å²) in [4.78, 5) is 28.5. The fourth-order valence-corrected chi connectivity index (χ4v) is 3.26. The van der Waals surface area contributed by atoms with E-state index in [4.69, 9.17) is 0 Å². The van der Waals surface area contributed by atoms with Crippen molar-refractivity contribution in [1.29, 1.82) is 0 Å². The highest BCUT2D eigenvalue weighted by atomic mass is 16.2. The molecule has 2 amide bonds. The number of benzene rings is 1. The van der Waals surface area contributed by atoms with E-state index in [-0.39, 0.29) is 23.8 Å². The fraction of sp³-hybridized carbons (Fsp3) is 0.579. The summed E-state index contributed by atoms with van der Waals surface area (Å²) in [5.74, 6) is 0.584. The first-order valence-electron chi connectivity index (χ1n) is 8.87. The minimum absolute atomic E-state index is 0.0401. The fourth-order valence-electron chi connectivity index (χ4n) is 3.26. The standard InChI is InChI=1S/C19H27N3O2/c1-21(2)17-9-5-14(6-10-17)12-18(23)20-16-4-3-11-22(13-16)19(24)15-7-8-15/h5-6,9-10,15-16H,3-4,7-8,11-13H2,1-2H3,(H,20,23)/t16-/m0/s1. The van der Waals surface area contributed by atoms with Crippen LogP contribution in [0.15, 0.2) is 24.3 Å². The van der Waals surface area contributed by atoms with Gasteiger partial charge in [0, 0.05) is 44.8 Å². The molecule has 0 unspecified atom stereocenters. The molecular weight excluding hydrogens is 302 g/mol. The summed E-state index contributed by atoms with van der Waals surface area (Å²) >= 11 is 0. The molecule has 2 fully saturated rings. The maximum Gasteiger partial charge on any atom is 0.225 e. The molecule has 5 heteroatoms. The second-order valence-corrected chi connectivity index (χ2v) is 7.20. The van der Waals surface area contributed by atoms with Gasteiger partial charge >= 0.3 is 0 Å². The van der Waals surface area contributed by atoms with Crippen molar-refractivity contribution >= 4 is 17.5 Å². The van der Waals surface area contributed by atoms with E-state index in [1.165, 1.54) is 0 Å². The van der Waals surface area contributed by atoms with Crippen molar-refractivity contribution in [2.45, 2.75) is 38.1 Å². The quantitative estimate of drug-likeness (QED) is 0.896. The third kappa shape index (κ3) is 4.28. The van der Waals surface area contributed by atoms with E-state index in [9.17, 15) is 9.59 Å². The zero-order valence-electron chi connectivity index (χ0n) is 14.6. The number of carbonyl (C=O) groups excluding carboxylic acids is 2. The van der Waals surface area contributed by atoms with E-state index < -0.39 is 0 Å². The van der Waals surface area contributed by atoms with Crippen LogP contribution in [0.5, 0.6) is 0 Å². The predicted octanol–water partition coefficient (Wildman–Crippen LogP) is 1.81. The molecule has 2 aliphatic rings. The van der Waals surface area contributed by atoms with Crippen LogP contribution in [0.3, 0.4) is 0 Å². The monoisotopic (exact) mass is 329 g/mol. The molecule has 1 aromatic rings. The van der Waals surface area contributed by atoms with Crippen molar-refractivity contribution in [1.82, 2.24) is 10.2 Å². The Morgan fingerprint density at radius 2 is 1.88 bits per heavy atom. The van der Waals surface area contributed by atoms with Crippen LogP contribution >= 0.6 is 0 Å². The number of likely N-dealkylation sites (tertiary alicyclic amines) is 1. The van der Waals surface area contributed by atoms with E-state index >= 15 is 0 Å². The van der Waals surface area contributed by atoms with Crippen LogP contribution in [0.1, 0.15) is 31.2 Å². The van der Waals surface area contributed by atoms with E-state index in [2.05, 4.69) is 5.32 Å². The smallest absolute Gasteiger partial charge is 0.225 e. The highest BCUT2D eigenvalue weighted by molar-refractivity contribution is 5.82. The van der Waals surface area contributed by atoms with Gasteiger partial charge in [0.05, 0.1) is 6.42 Å². The Balaban J connectivity index is 1.49. The van der Waals surface area contributed by atoms with Gasteiger partial charge in [-0.15, -0.1) is 0 Å². The number of amides is 2. The second kappa shape index (κ2) is 7.24. The summed E-state index contributed by atoms with van der Waals surface area (Å²) in [6.07, 6.45) is 4.39. The number of anilines is 1.